The van der Waals surface area contributed by atoms with Crippen LogP contribution in [0.2, 0.25) is 0 Å². The highest BCUT2D eigenvalue weighted by molar-refractivity contribution is 5.94. The summed E-state index contributed by atoms with van der Waals surface area (Å²) in [4.78, 5) is 16.9. The van der Waals surface area contributed by atoms with Crippen LogP contribution in [0.4, 0.5) is 0 Å². The predicted molar refractivity (Wildman–Crippen MR) is 104 cm³/mol. The minimum atomic E-state index is -0.0487. The van der Waals surface area contributed by atoms with Crippen molar-refractivity contribution < 1.29 is 9.53 Å². The Labute approximate surface area is 159 Å². The normalized spacial score (nSPS) is 15.8. The Morgan fingerprint density at radius 1 is 1.22 bits per heavy atom. The Morgan fingerprint density at radius 2 is 2.04 bits per heavy atom. The van der Waals surface area contributed by atoms with Crippen molar-refractivity contribution in [1.29, 1.82) is 0 Å². The molecule has 1 amide bonds. The first-order chi connectivity index (χ1) is 13.2. The summed E-state index contributed by atoms with van der Waals surface area (Å²) in [6.07, 6.45) is 6.80. The number of nitrogens with one attached hydrogen (secondary N) is 1. The van der Waals surface area contributed by atoms with Crippen LogP contribution in [0.15, 0.2) is 60.9 Å². The molecule has 2 aromatic carbocycles. The molecule has 1 atom stereocenters. The van der Waals surface area contributed by atoms with Gasteiger partial charge in [-0.3, -0.25) is 4.79 Å². The lowest BCUT2D eigenvalue weighted by Crippen LogP contribution is -2.30. The van der Waals surface area contributed by atoms with Crippen molar-refractivity contribution >= 4 is 5.91 Å². The molecule has 0 fully saturated rings. The van der Waals surface area contributed by atoms with E-state index in [9.17, 15) is 4.79 Å². The number of carbonyl (C=O) groups is 1. The molecule has 4 rings (SSSR count). The Morgan fingerprint density at radius 3 is 2.81 bits per heavy atom. The molecule has 1 N–H and O–H groups in total. The van der Waals surface area contributed by atoms with Gasteiger partial charge < -0.3 is 14.6 Å². The number of amides is 1. The fourth-order valence-electron chi connectivity index (χ4n) is 3.53. The molecule has 3 aromatic rings. The first-order valence-corrected chi connectivity index (χ1v) is 9.28. The number of rotatable bonds is 5. The summed E-state index contributed by atoms with van der Waals surface area (Å²) in [7, 11) is 1.93. The maximum absolute atomic E-state index is 12.7. The van der Waals surface area contributed by atoms with E-state index >= 15 is 0 Å². The van der Waals surface area contributed by atoms with E-state index in [2.05, 4.69) is 28.5 Å². The molecule has 5 heteroatoms. The molecular weight excluding hydrogens is 338 g/mol. The topological polar surface area (TPSA) is 56.2 Å². The number of carbonyl (C=O) groups excluding carboxylic acids is 1. The summed E-state index contributed by atoms with van der Waals surface area (Å²) in [5.74, 6) is 1.53. The van der Waals surface area contributed by atoms with Crippen molar-refractivity contribution in [1.82, 2.24) is 14.9 Å². The third-order valence-electron chi connectivity index (χ3n) is 5.08. The number of imidazole rings is 1. The number of benzene rings is 2. The molecule has 0 bridgehead atoms. The van der Waals surface area contributed by atoms with Gasteiger partial charge in [0.15, 0.2) is 0 Å². The largest absolute Gasteiger partial charge is 0.486 e. The van der Waals surface area contributed by atoms with Crippen LogP contribution >= 0.6 is 0 Å². The van der Waals surface area contributed by atoms with Gasteiger partial charge in [0, 0.05) is 25.0 Å². The zero-order chi connectivity index (χ0) is 18.6. The van der Waals surface area contributed by atoms with Gasteiger partial charge in [0.2, 0.25) is 0 Å². The second-order valence-corrected chi connectivity index (χ2v) is 6.88. The summed E-state index contributed by atoms with van der Waals surface area (Å²) < 4.78 is 7.67. The molecule has 5 nitrogen and oxygen atoms in total. The number of fused-ring (bicyclic) bond motifs is 1. The molecule has 1 aliphatic carbocycles. The molecule has 0 radical (unpaired) electrons. The molecule has 1 aliphatic rings. The van der Waals surface area contributed by atoms with Crippen molar-refractivity contribution in [2.75, 3.05) is 0 Å². The quantitative estimate of drug-likeness (QED) is 0.752. The fourth-order valence-corrected chi connectivity index (χ4v) is 3.53. The monoisotopic (exact) mass is 361 g/mol. The lowest BCUT2D eigenvalue weighted by Gasteiger charge is -2.26. The molecular formula is C22H23N3O2. The second kappa shape index (κ2) is 7.66. The Kier molecular flexibility index (Phi) is 4.92. The van der Waals surface area contributed by atoms with E-state index in [0.717, 1.165) is 30.8 Å². The van der Waals surface area contributed by atoms with E-state index in [1.807, 2.05) is 36.0 Å². The van der Waals surface area contributed by atoms with Gasteiger partial charge in [-0.25, -0.2) is 4.98 Å². The molecule has 1 unspecified atom stereocenters. The lowest BCUT2D eigenvalue weighted by molar-refractivity contribution is 0.0932. The summed E-state index contributed by atoms with van der Waals surface area (Å²) in [6, 6.07) is 15.7. The van der Waals surface area contributed by atoms with Gasteiger partial charge in [0.05, 0.1) is 6.04 Å². The van der Waals surface area contributed by atoms with Crippen molar-refractivity contribution in [2.24, 2.45) is 7.05 Å². The Balaban J connectivity index is 1.39. The molecule has 1 heterocycles. The highest BCUT2D eigenvalue weighted by atomic mass is 16.5. The summed E-state index contributed by atoms with van der Waals surface area (Å²) >= 11 is 0. The van der Waals surface area contributed by atoms with Crippen LogP contribution in [0.25, 0.3) is 0 Å². The van der Waals surface area contributed by atoms with Gasteiger partial charge in [-0.2, -0.15) is 0 Å². The van der Waals surface area contributed by atoms with E-state index < -0.39 is 0 Å². The van der Waals surface area contributed by atoms with Gasteiger partial charge in [-0.15, -0.1) is 0 Å². The van der Waals surface area contributed by atoms with Crippen LogP contribution in [0.1, 0.15) is 46.2 Å². The van der Waals surface area contributed by atoms with Gasteiger partial charge in [0.1, 0.15) is 18.2 Å². The molecule has 27 heavy (non-hydrogen) atoms. The zero-order valence-corrected chi connectivity index (χ0v) is 15.4. The van der Waals surface area contributed by atoms with Crippen molar-refractivity contribution in [3.05, 3.63) is 83.4 Å². The van der Waals surface area contributed by atoms with Crippen LogP contribution in [-0.4, -0.2) is 15.5 Å². The van der Waals surface area contributed by atoms with Crippen molar-refractivity contribution in [2.45, 2.75) is 31.9 Å². The van der Waals surface area contributed by atoms with Gasteiger partial charge in [0.25, 0.3) is 5.91 Å². The van der Waals surface area contributed by atoms with Gasteiger partial charge in [-0.05, 0) is 54.7 Å². The number of nitrogens with zero attached hydrogens (tertiary/aromatic N) is 2. The molecule has 0 spiro atoms. The smallest absolute Gasteiger partial charge is 0.251 e. The number of aromatic nitrogens is 2. The number of ether oxygens (including phenoxy) is 1. The van der Waals surface area contributed by atoms with Crippen LogP contribution in [0.5, 0.6) is 5.75 Å². The molecule has 138 valence electrons. The van der Waals surface area contributed by atoms with E-state index in [4.69, 9.17) is 4.74 Å². The van der Waals surface area contributed by atoms with E-state index in [1.165, 1.54) is 11.1 Å². The maximum atomic E-state index is 12.7. The zero-order valence-electron chi connectivity index (χ0n) is 15.4. The van der Waals surface area contributed by atoms with E-state index in [-0.39, 0.29) is 11.9 Å². The van der Waals surface area contributed by atoms with Gasteiger partial charge >= 0.3 is 0 Å². The Bertz CT molecular complexity index is 931. The minimum absolute atomic E-state index is 0.0487. The van der Waals surface area contributed by atoms with Crippen molar-refractivity contribution in [3.63, 3.8) is 0 Å². The average molecular weight is 361 g/mol. The van der Waals surface area contributed by atoms with E-state index in [1.54, 1.807) is 18.3 Å². The molecule has 0 aliphatic heterocycles. The fraction of sp³-hybridized carbons (Fsp3) is 0.273. The highest BCUT2D eigenvalue weighted by Crippen LogP contribution is 2.29. The SMILES string of the molecule is Cn1ccnc1COc1ccc(C(=O)NC2CCCc3ccccc32)cc1. The van der Waals surface area contributed by atoms with Crippen molar-refractivity contribution in [3.8, 4) is 5.75 Å². The molecule has 0 saturated carbocycles. The van der Waals surface area contributed by atoms with Crippen LogP contribution in [0, 0.1) is 0 Å². The average Bonchev–Trinajstić information content (AvgIpc) is 3.12. The van der Waals surface area contributed by atoms with Crippen LogP contribution < -0.4 is 10.1 Å². The first-order valence-electron chi connectivity index (χ1n) is 9.28. The standard InChI is InChI=1S/C22H23N3O2/c1-25-14-13-23-21(25)15-27-18-11-9-17(10-12-18)22(26)24-20-8-4-6-16-5-2-3-7-19(16)20/h2-3,5,7,9-14,20H,4,6,8,15H2,1H3,(H,24,26). The van der Waals surface area contributed by atoms with Gasteiger partial charge in [-0.1, -0.05) is 24.3 Å². The molecule has 0 saturated heterocycles. The summed E-state index contributed by atoms with van der Waals surface area (Å²) in [6.45, 7) is 0.397. The third kappa shape index (κ3) is 3.87. The highest BCUT2D eigenvalue weighted by Gasteiger charge is 2.21. The predicted octanol–water partition coefficient (Wildman–Crippen LogP) is 3.81. The van der Waals surface area contributed by atoms with Crippen LogP contribution in [0.3, 0.4) is 0 Å². The lowest BCUT2D eigenvalue weighted by atomic mass is 9.87. The minimum Gasteiger partial charge on any atom is -0.486 e. The summed E-state index contributed by atoms with van der Waals surface area (Å²) in [5.41, 5.74) is 3.22. The summed E-state index contributed by atoms with van der Waals surface area (Å²) in [5, 5.41) is 3.18. The second-order valence-electron chi connectivity index (χ2n) is 6.88. The number of aryl methyl sites for hydroxylation is 2. The third-order valence-corrected chi connectivity index (χ3v) is 5.08. The number of hydrogen-bond acceptors (Lipinski definition) is 3. The number of hydrogen-bond donors (Lipinski definition) is 1. The van der Waals surface area contributed by atoms with Crippen LogP contribution in [-0.2, 0) is 20.1 Å². The van der Waals surface area contributed by atoms with E-state index in [0.29, 0.717) is 12.2 Å². The maximum Gasteiger partial charge on any atom is 0.251 e. The first kappa shape index (κ1) is 17.3. The molecule has 1 aromatic heterocycles. The Hall–Kier alpha value is -3.08.